The number of alkyl halides is 3. The van der Waals surface area contributed by atoms with E-state index in [0.29, 0.717) is 0 Å². The molecule has 0 aliphatic carbocycles. The molecule has 1 amide bonds. The maximum Gasteiger partial charge on any atom is 0.438 e. The quantitative estimate of drug-likeness (QED) is 0.862. The standard InChI is InChI=1S/C10H11F3N4O2/c1-7-4-15-16(5-7)6-8(18)17-9(19,2-3-14-17)10(11,12)13/h3-5,19H,2,6H2,1H3/t9-/m1/s1. The van der Waals surface area contributed by atoms with E-state index < -0.39 is 30.8 Å². The van der Waals surface area contributed by atoms with E-state index >= 15 is 0 Å². The molecular weight excluding hydrogens is 265 g/mol. The summed E-state index contributed by atoms with van der Waals surface area (Å²) in [6.07, 6.45) is -1.92. The average Bonchev–Trinajstić information content (AvgIpc) is 2.85. The molecule has 9 heteroatoms. The number of hydrazone groups is 1. The van der Waals surface area contributed by atoms with Crippen molar-refractivity contribution in [2.24, 2.45) is 5.10 Å². The molecule has 0 saturated heterocycles. The smallest absolute Gasteiger partial charge is 0.362 e. The highest BCUT2D eigenvalue weighted by Crippen LogP contribution is 2.38. The highest BCUT2D eigenvalue weighted by Gasteiger charge is 2.61. The van der Waals surface area contributed by atoms with Gasteiger partial charge in [-0.05, 0) is 12.5 Å². The molecule has 6 nitrogen and oxygen atoms in total. The summed E-state index contributed by atoms with van der Waals surface area (Å²) in [7, 11) is 0. The van der Waals surface area contributed by atoms with Gasteiger partial charge in [-0.3, -0.25) is 9.48 Å². The van der Waals surface area contributed by atoms with Gasteiger partial charge in [0.05, 0.1) is 6.20 Å². The van der Waals surface area contributed by atoms with Gasteiger partial charge >= 0.3 is 6.18 Å². The predicted molar refractivity (Wildman–Crippen MR) is 57.9 cm³/mol. The fourth-order valence-electron chi connectivity index (χ4n) is 1.70. The first-order chi connectivity index (χ1) is 8.74. The minimum Gasteiger partial charge on any atom is -0.362 e. The molecule has 1 atom stereocenters. The Labute approximate surface area is 106 Å². The third kappa shape index (κ3) is 2.33. The van der Waals surface area contributed by atoms with Crippen molar-refractivity contribution < 1.29 is 23.1 Å². The van der Waals surface area contributed by atoms with Crippen LogP contribution in [-0.4, -0.2) is 43.9 Å². The van der Waals surface area contributed by atoms with Crippen molar-refractivity contribution in [2.75, 3.05) is 0 Å². The van der Waals surface area contributed by atoms with Gasteiger partial charge in [-0.15, -0.1) is 0 Å². The second kappa shape index (κ2) is 4.34. The maximum atomic E-state index is 12.8. The van der Waals surface area contributed by atoms with Crippen molar-refractivity contribution in [2.45, 2.75) is 31.8 Å². The number of hydrogen-bond acceptors (Lipinski definition) is 4. The van der Waals surface area contributed by atoms with Crippen molar-refractivity contribution in [1.82, 2.24) is 14.8 Å². The lowest BCUT2D eigenvalue weighted by Gasteiger charge is -2.32. The monoisotopic (exact) mass is 276 g/mol. The summed E-state index contributed by atoms with van der Waals surface area (Å²) in [5, 5.41) is 16.7. The molecule has 0 radical (unpaired) electrons. The van der Waals surface area contributed by atoms with Gasteiger partial charge in [0.1, 0.15) is 6.54 Å². The number of hydrogen-bond donors (Lipinski definition) is 1. The predicted octanol–water partition coefficient (Wildman–Crippen LogP) is 0.661. The SMILES string of the molecule is Cc1cnn(CC(=O)N2N=CC[C@@]2(O)C(F)(F)F)c1. The second-order valence-electron chi connectivity index (χ2n) is 4.24. The van der Waals surface area contributed by atoms with E-state index in [2.05, 4.69) is 10.2 Å². The molecule has 1 aromatic rings. The highest BCUT2D eigenvalue weighted by atomic mass is 19.4. The van der Waals surface area contributed by atoms with E-state index in [-0.39, 0.29) is 5.01 Å². The Morgan fingerprint density at radius 1 is 1.58 bits per heavy atom. The molecule has 0 saturated carbocycles. The maximum absolute atomic E-state index is 12.8. The Morgan fingerprint density at radius 2 is 2.26 bits per heavy atom. The number of aromatic nitrogens is 2. The number of carbonyl (C=O) groups is 1. The van der Waals surface area contributed by atoms with Crippen LogP contribution in [0.1, 0.15) is 12.0 Å². The Morgan fingerprint density at radius 3 is 2.79 bits per heavy atom. The summed E-state index contributed by atoms with van der Waals surface area (Å²) in [5.74, 6) is -0.989. The van der Waals surface area contributed by atoms with Crippen LogP contribution in [0.15, 0.2) is 17.5 Å². The molecule has 0 fully saturated rings. The summed E-state index contributed by atoms with van der Waals surface area (Å²) in [6, 6.07) is 0. The molecular formula is C10H11F3N4O2. The number of rotatable bonds is 2. The van der Waals surface area contributed by atoms with Crippen LogP contribution in [0.25, 0.3) is 0 Å². The Kier molecular flexibility index (Phi) is 3.09. The van der Waals surface area contributed by atoms with Crippen LogP contribution in [0.4, 0.5) is 13.2 Å². The van der Waals surface area contributed by atoms with Crippen LogP contribution in [0.2, 0.25) is 0 Å². The first kappa shape index (κ1) is 13.5. The van der Waals surface area contributed by atoms with E-state index in [1.54, 1.807) is 6.92 Å². The van der Waals surface area contributed by atoms with Crippen LogP contribution < -0.4 is 0 Å². The van der Waals surface area contributed by atoms with Crippen LogP contribution in [0.5, 0.6) is 0 Å². The zero-order chi connectivity index (χ0) is 14.3. The van der Waals surface area contributed by atoms with Crippen molar-refractivity contribution in [3.05, 3.63) is 18.0 Å². The molecule has 0 bridgehead atoms. The lowest BCUT2D eigenvalue weighted by Crippen LogP contribution is -2.57. The van der Waals surface area contributed by atoms with Gasteiger partial charge in [0.2, 0.25) is 0 Å². The number of aryl methyl sites for hydroxylation is 1. The molecule has 1 aliphatic rings. The highest BCUT2D eigenvalue weighted by molar-refractivity contribution is 5.80. The fraction of sp³-hybridized carbons (Fsp3) is 0.500. The second-order valence-corrected chi connectivity index (χ2v) is 4.24. The van der Waals surface area contributed by atoms with Gasteiger partial charge in [-0.2, -0.15) is 28.4 Å². The first-order valence-electron chi connectivity index (χ1n) is 5.38. The van der Waals surface area contributed by atoms with E-state index in [0.717, 1.165) is 11.8 Å². The van der Waals surface area contributed by atoms with E-state index in [1.165, 1.54) is 17.1 Å². The summed E-state index contributed by atoms with van der Waals surface area (Å²) < 4.78 is 39.4. The van der Waals surface area contributed by atoms with Crippen LogP contribution >= 0.6 is 0 Å². The normalized spacial score (nSPS) is 23.1. The average molecular weight is 276 g/mol. The molecule has 104 valence electrons. The molecule has 2 heterocycles. The molecule has 0 spiro atoms. The molecule has 19 heavy (non-hydrogen) atoms. The number of amides is 1. The van der Waals surface area contributed by atoms with Gasteiger partial charge < -0.3 is 5.11 Å². The molecule has 0 unspecified atom stereocenters. The van der Waals surface area contributed by atoms with Gasteiger partial charge in [0.15, 0.2) is 0 Å². The van der Waals surface area contributed by atoms with Crippen molar-refractivity contribution in [3.8, 4) is 0 Å². The number of halogens is 3. The van der Waals surface area contributed by atoms with E-state index in [4.69, 9.17) is 0 Å². The lowest BCUT2D eigenvalue weighted by molar-refractivity contribution is -0.302. The molecule has 1 N–H and O–H groups in total. The van der Waals surface area contributed by atoms with E-state index in [9.17, 15) is 23.1 Å². The first-order valence-corrected chi connectivity index (χ1v) is 5.38. The number of carbonyl (C=O) groups excluding carboxylic acids is 1. The van der Waals surface area contributed by atoms with Gasteiger partial charge in [0, 0.05) is 18.8 Å². The van der Waals surface area contributed by atoms with Crippen LogP contribution in [0, 0.1) is 6.92 Å². The summed E-state index contributed by atoms with van der Waals surface area (Å²) in [4.78, 5) is 11.8. The summed E-state index contributed by atoms with van der Waals surface area (Å²) >= 11 is 0. The van der Waals surface area contributed by atoms with E-state index in [1.807, 2.05) is 0 Å². The minimum atomic E-state index is -4.97. The lowest BCUT2D eigenvalue weighted by atomic mass is 10.1. The molecule has 0 aromatic carbocycles. The molecule has 1 aliphatic heterocycles. The summed E-state index contributed by atoms with van der Waals surface area (Å²) in [5.41, 5.74) is -2.50. The van der Waals surface area contributed by atoms with Gasteiger partial charge in [0.25, 0.3) is 11.6 Å². The third-order valence-electron chi connectivity index (χ3n) is 2.67. The molecule has 2 rings (SSSR count). The topological polar surface area (TPSA) is 70.7 Å². The number of aliphatic hydroxyl groups is 1. The third-order valence-corrected chi connectivity index (χ3v) is 2.67. The largest absolute Gasteiger partial charge is 0.438 e. The van der Waals surface area contributed by atoms with Crippen LogP contribution in [-0.2, 0) is 11.3 Å². The fourth-order valence-corrected chi connectivity index (χ4v) is 1.70. The number of nitrogens with zero attached hydrogens (tertiary/aromatic N) is 4. The molecule has 1 aromatic heterocycles. The van der Waals surface area contributed by atoms with Crippen molar-refractivity contribution in [1.29, 1.82) is 0 Å². The Hall–Kier alpha value is -1.90. The van der Waals surface area contributed by atoms with Gasteiger partial charge in [-0.25, -0.2) is 0 Å². The van der Waals surface area contributed by atoms with Crippen molar-refractivity contribution >= 4 is 12.1 Å². The zero-order valence-corrected chi connectivity index (χ0v) is 9.92. The van der Waals surface area contributed by atoms with Crippen molar-refractivity contribution in [3.63, 3.8) is 0 Å². The van der Waals surface area contributed by atoms with Crippen LogP contribution in [0.3, 0.4) is 0 Å². The summed E-state index contributed by atoms with van der Waals surface area (Å²) in [6.45, 7) is 1.30. The Bertz CT molecular complexity index is 525. The Balaban J connectivity index is 2.16. The minimum absolute atomic E-state index is 0.0595. The van der Waals surface area contributed by atoms with Gasteiger partial charge in [-0.1, -0.05) is 0 Å². The zero-order valence-electron chi connectivity index (χ0n) is 9.92.